The first-order valence-corrected chi connectivity index (χ1v) is 4.83. The number of amides is 2. The standard InChI is InChI=1S/C8H11N3O2S/c1-4-5(2)14-8(10-4)11-7(13)6(12)9-3/h1-3H3,(H,9,12)(H,10,11,13). The molecule has 0 bridgehead atoms. The van der Waals surface area contributed by atoms with Crippen molar-refractivity contribution in [1.82, 2.24) is 10.3 Å². The van der Waals surface area contributed by atoms with Crippen LogP contribution in [0.5, 0.6) is 0 Å². The van der Waals surface area contributed by atoms with E-state index in [2.05, 4.69) is 15.6 Å². The molecule has 0 aliphatic rings. The molecule has 6 heteroatoms. The van der Waals surface area contributed by atoms with Gasteiger partial charge in [-0.05, 0) is 13.8 Å². The van der Waals surface area contributed by atoms with E-state index in [1.54, 1.807) is 0 Å². The summed E-state index contributed by atoms with van der Waals surface area (Å²) in [4.78, 5) is 27.1. The first-order valence-electron chi connectivity index (χ1n) is 4.01. The number of aromatic nitrogens is 1. The highest BCUT2D eigenvalue weighted by Gasteiger charge is 2.13. The molecule has 1 aromatic heterocycles. The van der Waals surface area contributed by atoms with E-state index in [0.29, 0.717) is 5.13 Å². The molecule has 2 amide bonds. The first kappa shape index (κ1) is 10.6. The van der Waals surface area contributed by atoms with Gasteiger partial charge < -0.3 is 5.32 Å². The number of hydrogen-bond acceptors (Lipinski definition) is 4. The molecule has 0 radical (unpaired) electrons. The first-order chi connectivity index (χ1) is 6.54. The molecule has 2 N–H and O–H groups in total. The van der Waals surface area contributed by atoms with Gasteiger partial charge in [0.1, 0.15) is 0 Å². The van der Waals surface area contributed by atoms with Crippen LogP contribution in [-0.4, -0.2) is 23.8 Å². The van der Waals surface area contributed by atoms with Crippen LogP contribution in [0.1, 0.15) is 10.6 Å². The number of nitrogens with one attached hydrogen (secondary N) is 2. The quantitative estimate of drug-likeness (QED) is 0.665. The third-order valence-corrected chi connectivity index (χ3v) is 2.67. The Hall–Kier alpha value is -1.43. The summed E-state index contributed by atoms with van der Waals surface area (Å²) in [6.07, 6.45) is 0. The molecule has 0 spiro atoms. The number of thiazole rings is 1. The van der Waals surface area contributed by atoms with E-state index in [1.807, 2.05) is 13.8 Å². The molecule has 0 saturated carbocycles. The zero-order valence-corrected chi connectivity index (χ0v) is 8.99. The highest BCUT2D eigenvalue weighted by molar-refractivity contribution is 7.15. The van der Waals surface area contributed by atoms with Crippen molar-refractivity contribution < 1.29 is 9.59 Å². The van der Waals surface area contributed by atoms with Gasteiger partial charge in [0.15, 0.2) is 5.13 Å². The van der Waals surface area contributed by atoms with Crippen LogP contribution in [0.15, 0.2) is 0 Å². The fourth-order valence-electron chi connectivity index (χ4n) is 0.794. The molecule has 0 unspecified atom stereocenters. The van der Waals surface area contributed by atoms with E-state index in [9.17, 15) is 9.59 Å². The highest BCUT2D eigenvalue weighted by atomic mass is 32.1. The Kier molecular flexibility index (Phi) is 3.19. The van der Waals surface area contributed by atoms with Crippen LogP contribution in [0.3, 0.4) is 0 Å². The Morgan fingerprint density at radius 1 is 1.29 bits per heavy atom. The van der Waals surface area contributed by atoms with E-state index < -0.39 is 11.8 Å². The van der Waals surface area contributed by atoms with Gasteiger partial charge in [0.2, 0.25) is 0 Å². The minimum Gasteiger partial charge on any atom is -0.351 e. The molecule has 1 heterocycles. The van der Waals surface area contributed by atoms with Crippen molar-refractivity contribution in [2.75, 3.05) is 12.4 Å². The van der Waals surface area contributed by atoms with Gasteiger partial charge >= 0.3 is 11.8 Å². The minimum atomic E-state index is -0.693. The SMILES string of the molecule is CNC(=O)C(=O)Nc1nc(C)c(C)s1. The Bertz CT molecular complexity index is 353. The van der Waals surface area contributed by atoms with E-state index in [-0.39, 0.29) is 0 Å². The second kappa shape index (κ2) is 4.19. The van der Waals surface area contributed by atoms with Crippen LogP contribution >= 0.6 is 11.3 Å². The van der Waals surface area contributed by atoms with Gasteiger partial charge in [-0.15, -0.1) is 11.3 Å². The summed E-state index contributed by atoms with van der Waals surface area (Å²) >= 11 is 1.35. The van der Waals surface area contributed by atoms with Crippen LogP contribution in [0, 0.1) is 13.8 Å². The summed E-state index contributed by atoms with van der Waals surface area (Å²) in [6, 6.07) is 0. The molecule has 1 aromatic rings. The van der Waals surface area contributed by atoms with Gasteiger partial charge in [0, 0.05) is 11.9 Å². The highest BCUT2D eigenvalue weighted by Crippen LogP contribution is 2.20. The predicted molar refractivity (Wildman–Crippen MR) is 54.3 cm³/mol. The minimum absolute atomic E-state index is 0.452. The molecule has 76 valence electrons. The van der Waals surface area contributed by atoms with Crippen LogP contribution in [0.4, 0.5) is 5.13 Å². The number of carbonyl (C=O) groups excluding carboxylic acids is 2. The normalized spacial score (nSPS) is 9.64. The van der Waals surface area contributed by atoms with Gasteiger partial charge in [-0.25, -0.2) is 4.98 Å². The van der Waals surface area contributed by atoms with E-state index >= 15 is 0 Å². The topological polar surface area (TPSA) is 71.1 Å². The van der Waals surface area contributed by atoms with Crippen LogP contribution < -0.4 is 10.6 Å². The van der Waals surface area contributed by atoms with Crippen molar-refractivity contribution in [3.63, 3.8) is 0 Å². The molecule has 0 aliphatic carbocycles. The van der Waals surface area contributed by atoms with E-state index in [1.165, 1.54) is 18.4 Å². The largest absolute Gasteiger partial charge is 0.351 e. The van der Waals surface area contributed by atoms with Gasteiger partial charge in [-0.1, -0.05) is 0 Å². The molecule has 0 aromatic carbocycles. The number of aryl methyl sites for hydroxylation is 2. The molecule has 0 fully saturated rings. The predicted octanol–water partition coefficient (Wildman–Crippen LogP) is 0.444. The summed E-state index contributed by atoms with van der Waals surface area (Å²) in [7, 11) is 1.40. The second-order valence-electron chi connectivity index (χ2n) is 2.69. The number of hydrogen-bond donors (Lipinski definition) is 2. The fraction of sp³-hybridized carbons (Fsp3) is 0.375. The van der Waals surface area contributed by atoms with E-state index in [0.717, 1.165) is 10.6 Å². The van der Waals surface area contributed by atoms with Gasteiger partial charge in [0.25, 0.3) is 0 Å². The van der Waals surface area contributed by atoms with Crippen molar-refractivity contribution >= 4 is 28.3 Å². The number of anilines is 1. The van der Waals surface area contributed by atoms with Crippen molar-refractivity contribution in [2.45, 2.75) is 13.8 Å². The maximum atomic E-state index is 11.1. The average molecular weight is 213 g/mol. The molecule has 0 saturated heterocycles. The zero-order valence-electron chi connectivity index (χ0n) is 8.17. The molecule has 5 nitrogen and oxygen atoms in total. The van der Waals surface area contributed by atoms with Gasteiger partial charge in [0.05, 0.1) is 5.69 Å². The third kappa shape index (κ3) is 2.29. The summed E-state index contributed by atoms with van der Waals surface area (Å²) in [5.41, 5.74) is 0.863. The maximum Gasteiger partial charge on any atom is 0.315 e. The third-order valence-electron chi connectivity index (χ3n) is 1.68. The molecular weight excluding hydrogens is 202 g/mol. The smallest absolute Gasteiger partial charge is 0.315 e. The van der Waals surface area contributed by atoms with Crippen molar-refractivity contribution in [2.24, 2.45) is 0 Å². The van der Waals surface area contributed by atoms with Crippen LogP contribution in [0.25, 0.3) is 0 Å². The maximum absolute atomic E-state index is 11.1. The molecule has 0 atom stereocenters. The monoisotopic (exact) mass is 213 g/mol. The summed E-state index contributed by atoms with van der Waals surface area (Å²) in [5.74, 6) is -1.36. The molecule has 1 rings (SSSR count). The lowest BCUT2D eigenvalue weighted by molar-refractivity contribution is -0.135. The lowest BCUT2D eigenvalue weighted by Crippen LogP contribution is -2.32. The Morgan fingerprint density at radius 3 is 2.36 bits per heavy atom. The number of nitrogens with zero attached hydrogens (tertiary/aromatic N) is 1. The number of likely N-dealkylation sites (N-methyl/N-ethyl adjacent to an activating group) is 1. The summed E-state index contributed by atoms with van der Waals surface area (Å²) in [5, 5.41) is 5.10. The van der Waals surface area contributed by atoms with Crippen molar-refractivity contribution in [3.8, 4) is 0 Å². The molecular formula is C8H11N3O2S. The fourth-order valence-corrected chi connectivity index (χ4v) is 1.60. The summed E-state index contributed by atoms with van der Waals surface area (Å²) in [6.45, 7) is 3.75. The Labute approximate surface area is 85.5 Å². The average Bonchev–Trinajstić information content (AvgIpc) is 2.44. The Morgan fingerprint density at radius 2 is 1.93 bits per heavy atom. The molecule has 14 heavy (non-hydrogen) atoms. The number of carbonyl (C=O) groups is 2. The lowest BCUT2D eigenvalue weighted by atomic mass is 10.4. The summed E-state index contributed by atoms with van der Waals surface area (Å²) < 4.78 is 0. The van der Waals surface area contributed by atoms with Crippen molar-refractivity contribution in [1.29, 1.82) is 0 Å². The second-order valence-corrected chi connectivity index (χ2v) is 3.90. The number of rotatable bonds is 1. The van der Waals surface area contributed by atoms with Crippen LogP contribution in [0.2, 0.25) is 0 Å². The Balaban J connectivity index is 2.70. The lowest BCUT2D eigenvalue weighted by Gasteiger charge is -1.98. The van der Waals surface area contributed by atoms with Crippen LogP contribution in [-0.2, 0) is 9.59 Å². The molecule has 0 aliphatic heterocycles. The van der Waals surface area contributed by atoms with Gasteiger partial charge in [-0.3, -0.25) is 14.9 Å². The van der Waals surface area contributed by atoms with E-state index in [4.69, 9.17) is 0 Å². The van der Waals surface area contributed by atoms with Crippen molar-refractivity contribution in [3.05, 3.63) is 10.6 Å². The van der Waals surface area contributed by atoms with Gasteiger partial charge in [-0.2, -0.15) is 0 Å². The zero-order chi connectivity index (χ0) is 10.7.